The first-order chi connectivity index (χ1) is 10.5. The lowest BCUT2D eigenvalue weighted by Gasteiger charge is -2.18. The van der Waals surface area contributed by atoms with Gasteiger partial charge in [-0.2, -0.15) is 0 Å². The van der Waals surface area contributed by atoms with E-state index in [0.29, 0.717) is 10.8 Å². The van der Waals surface area contributed by atoms with E-state index >= 15 is 0 Å². The van der Waals surface area contributed by atoms with Crippen molar-refractivity contribution >= 4 is 29.2 Å². The average molecular weight is 317 g/mol. The molecule has 1 aromatic heterocycles. The van der Waals surface area contributed by atoms with Gasteiger partial charge in [-0.3, -0.25) is 9.59 Å². The average Bonchev–Trinajstić information content (AvgIpc) is 3.11. The minimum Gasteiger partial charge on any atom is -0.274 e. The van der Waals surface area contributed by atoms with E-state index in [4.69, 9.17) is 11.6 Å². The minimum atomic E-state index is -0.186. The van der Waals surface area contributed by atoms with Crippen molar-refractivity contribution in [3.05, 3.63) is 34.5 Å². The van der Waals surface area contributed by atoms with E-state index in [-0.39, 0.29) is 35.5 Å². The predicted octanol–water partition coefficient (Wildman–Crippen LogP) is 3.22. The number of fused-ring (bicyclic) bond motifs is 5. The summed E-state index contributed by atoms with van der Waals surface area (Å²) in [6.07, 6.45) is 3.52. The third kappa shape index (κ3) is 1.67. The van der Waals surface area contributed by atoms with Gasteiger partial charge in [0.15, 0.2) is 0 Å². The highest BCUT2D eigenvalue weighted by Gasteiger charge is 2.63. The number of allylic oxidation sites excluding steroid dienone is 2. The molecule has 4 unspecified atom stereocenters. The maximum atomic E-state index is 12.9. The fourth-order valence-electron chi connectivity index (χ4n) is 4.72. The van der Waals surface area contributed by atoms with Crippen LogP contribution in [0.5, 0.6) is 0 Å². The van der Waals surface area contributed by atoms with Gasteiger partial charge in [-0.15, -0.1) is 0 Å². The van der Waals surface area contributed by atoms with E-state index in [1.165, 1.54) is 22.2 Å². The second-order valence-corrected chi connectivity index (χ2v) is 7.08. The summed E-state index contributed by atoms with van der Waals surface area (Å²) in [6.45, 7) is 4.18. The maximum Gasteiger partial charge on any atom is 0.239 e. The molecule has 2 bridgehead atoms. The number of anilines is 1. The summed E-state index contributed by atoms with van der Waals surface area (Å²) < 4.78 is 0. The standard InChI is InChI=1S/C17H17ClN2O2/c1-8(2)13-10-4-5-11(13)15-14(10)16(21)20(17(15)22)12-6-3-9(18)7-19-12/h3,6-7,10-11,14-15H,4-5H2,1-2H3. The summed E-state index contributed by atoms with van der Waals surface area (Å²) in [7, 11) is 0. The van der Waals surface area contributed by atoms with Gasteiger partial charge in [-0.1, -0.05) is 22.7 Å². The number of hydrogen-bond donors (Lipinski definition) is 0. The first-order valence-corrected chi connectivity index (χ1v) is 8.05. The van der Waals surface area contributed by atoms with E-state index in [1.807, 2.05) is 0 Å². The van der Waals surface area contributed by atoms with Crippen molar-refractivity contribution in [3.63, 3.8) is 0 Å². The van der Waals surface area contributed by atoms with Crippen LogP contribution in [0, 0.1) is 23.7 Å². The molecule has 4 nitrogen and oxygen atoms in total. The Bertz CT molecular complexity index is 674. The van der Waals surface area contributed by atoms with Crippen molar-refractivity contribution in [3.8, 4) is 0 Å². The Labute approximate surface area is 134 Å². The Balaban J connectivity index is 1.75. The van der Waals surface area contributed by atoms with Crippen molar-refractivity contribution in [1.29, 1.82) is 0 Å². The predicted molar refractivity (Wildman–Crippen MR) is 83.3 cm³/mol. The van der Waals surface area contributed by atoms with Crippen molar-refractivity contribution < 1.29 is 9.59 Å². The van der Waals surface area contributed by atoms with Crippen LogP contribution in [0.4, 0.5) is 5.82 Å². The topological polar surface area (TPSA) is 50.3 Å². The monoisotopic (exact) mass is 316 g/mol. The summed E-state index contributed by atoms with van der Waals surface area (Å²) in [5.41, 5.74) is 2.64. The smallest absolute Gasteiger partial charge is 0.239 e. The minimum absolute atomic E-state index is 0.0872. The van der Waals surface area contributed by atoms with Gasteiger partial charge in [-0.05, 0) is 50.7 Å². The molecule has 1 saturated heterocycles. The quantitative estimate of drug-likeness (QED) is 0.590. The fourth-order valence-corrected chi connectivity index (χ4v) is 4.83. The molecule has 114 valence electrons. The number of amides is 2. The molecule has 1 aromatic rings. The van der Waals surface area contributed by atoms with Crippen LogP contribution in [0.25, 0.3) is 0 Å². The number of carbonyl (C=O) groups is 2. The molecule has 2 heterocycles. The molecule has 2 aliphatic carbocycles. The molecule has 2 saturated carbocycles. The Morgan fingerprint density at radius 1 is 1.14 bits per heavy atom. The highest BCUT2D eigenvalue weighted by atomic mass is 35.5. The zero-order valence-corrected chi connectivity index (χ0v) is 13.3. The van der Waals surface area contributed by atoms with Crippen molar-refractivity contribution in [2.24, 2.45) is 23.7 Å². The van der Waals surface area contributed by atoms with E-state index in [2.05, 4.69) is 18.8 Å². The van der Waals surface area contributed by atoms with Crippen LogP contribution in [0.1, 0.15) is 26.7 Å². The second-order valence-electron chi connectivity index (χ2n) is 6.64. The number of halogens is 1. The number of aromatic nitrogens is 1. The van der Waals surface area contributed by atoms with Gasteiger partial charge in [0.05, 0.1) is 16.9 Å². The van der Waals surface area contributed by atoms with Crippen LogP contribution in [0.3, 0.4) is 0 Å². The van der Waals surface area contributed by atoms with Crippen molar-refractivity contribution in [2.75, 3.05) is 4.90 Å². The number of nitrogens with zero attached hydrogens (tertiary/aromatic N) is 2. The molecule has 0 radical (unpaired) electrons. The number of pyridine rings is 1. The molecule has 0 N–H and O–H groups in total. The Kier molecular flexibility index (Phi) is 2.95. The molecule has 2 amide bonds. The number of hydrogen-bond acceptors (Lipinski definition) is 3. The van der Waals surface area contributed by atoms with Crippen LogP contribution in [0.2, 0.25) is 5.02 Å². The molecule has 0 aromatic carbocycles. The Morgan fingerprint density at radius 2 is 1.73 bits per heavy atom. The van der Waals surface area contributed by atoms with E-state index in [1.54, 1.807) is 12.1 Å². The zero-order valence-electron chi connectivity index (χ0n) is 12.5. The van der Waals surface area contributed by atoms with Crippen molar-refractivity contribution in [1.82, 2.24) is 4.98 Å². The first-order valence-electron chi connectivity index (χ1n) is 7.67. The molecular formula is C17H17ClN2O2. The molecular weight excluding hydrogens is 300 g/mol. The van der Waals surface area contributed by atoms with Gasteiger partial charge in [0.2, 0.25) is 11.8 Å². The fraction of sp³-hybridized carbons (Fsp3) is 0.471. The number of rotatable bonds is 1. The lowest BCUT2D eigenvalue weighted by molar-refractivity contribution is -0.123. The largest absolute Gasteiger partial charge is 0.274 e. The van der Waals surface area contributed by atoms with Gasteiger partial charge in [0.1, 0.15) is 5.82 Å². The van der Waals surface area contributed by atoms with Crippen LogP contribution >= 0.6 is 11.6 Å². The van der Waals surface area contributed by atoms with Crippen LogP contribution in [-0.4, -0.2) is 16.8 Å². The van der Waals surface area contributed by atoms with Crippen LogP contribution < -0.4 is 4.90 Å². The van der Waals surface area contributed by atoms with E-state index in [9.17, 15) is 9.59 Å². The lowest BCUT2D eigenvalue weighted by Crippen LogP contribution is -2.33. The normalized spacial score (nSPS) is 32.9. The van der Waals surface area contributed by atoms with Crippen LogP contribution in [-0.2, 0) is 9.59 Å². The number of carbonyl (C=O) groups excluding carboxylic acids is 2. The molecule has 3 aliphatic rings. The summed E-state index contributed by atoms with van der Waals surface area (Å²) in [5.74, 6) is 0.336. The van der Waals surface area contributed by atoms with Gasteiger partial charge in [0, 0.05) is 6.20 Å². The second kappa shape index (κ2) is 4.66. The summed E-state index contributed by atoms with van der Waals surface area (Å²) in [5, 5.41) is 0.495. The van der Waals surface area contributed by atoms with Gasteiger partial charge < -0.3 is 0 Å². The zero-order chi connectivity index (χ0) is 15.6. The summed E-state index contributed by atoms with van der Waals surface area (Å²) in [4.78, 5) is 31.1. The van der Waals surface area contributed by atoms with Crippen LogP contribution in [0.15, 0.2) is 29.5 Å². The van der Waals surface area contributed by atoms with Crippen molar-refractivity contribution in [2.45, 2.75) is 26.7 Å². The Hall–Kier alpha value is -1.68. The molecule has 1 aliphatic heterocycles. The maximum absolute atomic E-state index is 12.9. The highest BCUT2D eigenvalue weighted by molar-refractivity contribution is 6.30. The van der Waals surface area contributed by atoms with Gasteiger partial charge in [0.25, 0.3) is 0 Å². The first kappa shape index (κ1) is 13.9. The summed E-state index contributed by atoms with van der Waals surface area (Å²) in [6, 6.07) is 3.30. The highest BCUT2D eigenvalue weighted by Crippen LogP contribution is 2.60. The molecule has 4 rings (SSSR count). The molecule has 0 spiro atoms. The molecule has 4 atom stereocenters. The SMILES string of the molecule is CC(C)=C1C2CCC1C1C(=O)N(c3ccc(Cl)cn3)C(=O)C21. The molecule has 3 fully saturated rings. The van der Waals surface area contributed by atoms with E-state index in [0.717, 1.165) is 12.8 Å². The number of imide groups is 1. The third-order valence-electron chi connectivity index (χ3n) is 5.37. The molecule has 22 heavy (non-hydrogen) atoms. The lowest BCUT2D eigenvalue weighted by atomic mass is 9.81. The van der Waals surface area contributed by atoms with Gasteiger partial charge >= 0.3 is 0 Å². The van der Waals surface area contributed by atoms with E-state index < -0.39 is 0 Å². The molecule has 5 heteroatoms. The summed E-state index contributed by atoms with van der Waals surface area (Å²) >= 11 is 5.84. The van der Waals surface area contributed by atoms with Gasteiger partial charge in [-0.25, -0.2) is 9.88 Å². The third-order valence-corrected chi connectivity index (χ3v) is 5.59. The Morgan fingerprint density at radius 3 is 2.18 bits per heavy atom.